The molecule has 0 bridgehead atoms. The van der Waals surface area contributed by atoms with E-state index >= 15 is 0 Å². The molecule has 2 aliphatic rings. The number of amides is 2. The lowest BCUT2D eigenvalue weighted by molar-refractivity contribution is -0.144. The molecule has 2 aromatic rings. The zero-order valence-corrected chi connectivity index (χ0v) is 18.8. The SMILES string of the molecule is COc1cccc(C2=NN(C(=O)CN(C)C(=O)C3CCC3)[C@H](c3ccccc3OC)C2)c1. The number of ether oxygens (including phenoxy) is 2. The summed E-state index contributed by atoms with van der Waals surface area (Å²) in [5.41, 5.74) is 2.58. The van der Waals surface area contributed by atoms with Gasteiger partial charge in [-0.3, -0.25) is 9.59 Å². The Hall–Kier alpha value is -3.35. The minimum absolute atomic E-state index is 0.00409. The third kappa shape index (κ3) is 4.33. The minimum Gasteiger partial charge on any atom is -0.497 e. The summed E-state index contributed by atoms with van der Waals surface area (Å²) in [5.74, 6) is 1.31. The fourth-order valence-corrected chi connectivity index (χ4v) is 4.22. The number of methoxy groups -OCH3 is 2. The van der Waals surface area contributed by atoms with Crippen LogP contribution in [0.2, 0.25) is 0 Å². The fraction of sp³-hybridized carbons (Fsp3) is 0.400. The van der Waals surface area contributed by atoms with Crippen molar-refractivity contribution in [1.29, 1.82) is 0 Å². The summed E-state index contributed by atoms with van der Waals surface area (Å²) < 4.78 is 10.9. The first-order valence-electron chi connectivity index (χ1n) is 10.9. The van der Waals surface area contributed by atoms with E-state index < -0.39 is 0 Å². The molecule has 1 saturated carbocycles. The third-order valence-corrected chi connectivity index (χ3v) is 6.27. The maximum absolute atomic E-state index is 13.3. The zero-order chi connectivity index (χ0) is 22.7. The molecule has 1 aliphatic carbocycles. The van der Waals surface area contributed by atoms with Crippen molar-refractivity contribution in [2.24, 2.45) is 11.0 Å². The van der Waals surface area contributed by atoms with Crippen LogP contribution >= 0.6 is 0 Å². The minimum atomic E-state index is -0.313. The molecule has 32 heavy (non-hydrogen) atoms. The zero-order valence-electron chi connectivity index (χ0n) is 18.8. The number of likely N-dealkylation sites (N-methyl/N-ethyl adjacent to an activating group) is 1. The number of benzene rings is 2. The maximum atomic E-state index is 13.3. The number of hydrogen-bond donors (Lipinski definition) is 0. The number of carbonyl (C=O) groups is 2. The van der Waals surface area contributed by atoms with Gasteiger partial charge in [0.2, 0.25) is 5.91 Å². The molecule has 1 aliphatic heterocycles. The van der Waals surface area contributed by atoms with Crippen LogP contribution in [0, 0.1) is 5.92 Å². The molecule has 1 fully saturated rings. The van der Waals surface area contributed by atoms with E-state index in [0.717, 1.165) is 41.9 Å². The predicted octanol–water partition coefficient (Wildman–Crippen LogP) is 3.64. The van der Waals surface area contributed by atoms with Crippen LogP contribution in [0.25, 0.3) is 0 Å². The monoisotopic (exact) mass is 435 g/mol. The van der Waals surface area contributed by atoms with Gasteiger partial charge in [0, 0.05) is 30.5 Å². The topological polar surface area (TPSA) is 71.4 Å². The second-order valence-electron chi connectivity index (χ2n) is 8.30. The predicted molar refractivity (Wildman–Crippen MR) is 122 cm³/mol. The molecule has 0 saturated heterocycles. The highest BCUT2D eigenvalue weighted by molar-refractivity contribution is 6.03. The van der Waals surface area contributed by atoms with E-state index in [0.29, 0.717) is 12.2 Å². The summed E-state index contributed by atoms with van der Waals surface area (Å²) in [4.78, 5) is 27.4. The van der Waals surface area contributed by atoms with Gasteiger partial charge in [-0.1, -0.05) is 36.8 Å². The molecule has 0 aromatic heterocycles. The van der Waals surface area contributed by atoms with Gasteiger partial charge < -0.3 is 14.4 Å². The molecule has 168 valence electrons. The molecule has 0 spiro atoms. The fourth-order valence-electron chi connectivity index (χ4n) is 4.22. The van der Waals surface area contributed by atoms with Gasteiger partial charge in [0.05, 0.1) is 26.0 Å². The largest absolute Gasteiger partial charge is 0.497 e. The summed E-state index contributed by atoms with van der Waals surface area (Å²) in [6, 6.07) is 15.0. The molecule has 4 rings (SSSR count). The Morgan fingerprint density at radius 1 is 1.09 bits per heavy atom. The Balaban J connectivity index is 1.62. The molecule has 1 atom stereocenters. The van der Waals surface area contributed by atoms with Gasteiger partial charge in [0.15, 0.2) is 0 Å². The van der Waals surface area contributed by atoms with E-state index in [4.69, 9.17) is 14.6 Å². The molecule has 2 amide bonds. The summed E-state index contributed by atoms with van der Waals surface area (Å²) in [6.07, 6.45) is 3.43. The van der Waals surface area contributed by atoms with Crippen LogP contribution < -0.4 is 9.47 Å². The molecule has 0 radical (unpaired) electrons. The van der Waals surface area contributed by atoms with Gasteiger partial charge in [-0.15, -0.1) is 0 Å². The number of carbonyl (C=O) groups excluding carboxylic acids is 2. The van der Waals surface area contributed by atoms with Crippen LogP contribution in [-0.2, 0) is 9.59 Å². The van der Waals surface area contributed by atoms with Gasteiger partial charge in [-0.05, 0) is 31.0 Å². The molecule has 1 heterocycles. The van der Waals surface area contributed by atoms with Crippen LogP contribution in [0.15, 0.2) is 53.6 Å². The summed E-state index contributed by atoms with van der Waals surface area (Å²) in [5, 5.41) is 6.22. The quantitative estimate of drug-likeness (QED) is 0.666. The Bertz CT molecular complexity index is 1030. The standard InChI is InChI=1S/C25H29N3O4/c1-27(25(30)17-8-6-9-17)16-24(29)28-22(20-12-4-5-13-23(20)32-3)15-21(26-28)18-10-7-11-19(14-18)31-2/h4-5,7,10-14,17,22H,6,8-9,15-16H2,1-3H3/t22-/m0/s1. The van der Waals surface area contributed by atoms with Crippen molar-refractivity contribution in [2.75, 3.05) is 27.8 Å². The highest BCUT2D eigenvalue weighted by Crippen LogP contribution is 2.38. The van der Waals surface area contributed by atoms with Crippen LogP contribution in [0.5, 0.6) is 11.5 Å². The molecule has 0 unspecified atom stereocenters. The lowest BCUT2D eigenvalue weighted by atomic mass is 9.84. The van der Waals surface area contributed by atoms with E-state index in [9.17, 15) is 9.59 Å². The van der Waals surface area contributed by atoms with E-state index in [2.05, 4.69) is 0 Å². The van der Waals surface area contributed by atoms with Crippen LogP contribution in [0.4, 0.5) is 0 Å². The van der Waals surface area contributed by atoms with Gasteiger partial charge in [-0.2, -0.15) is 5.10 Å². The second kappa shape index (κ2) is 9.42. The lowest BCUT2D eigenvalue weighted by Crippen LogP contribution is -2.42. The average Bonchev–Trinajstić information content (AvgIpc) is 3.23. The maximum Gasteiger partial charge on any atom is 0.262 e. The molecule has 2 aromatic carbocycles. The van der Waals surface area contributed by atoms with Crippen molar-refractivity contribution in [1.82, 2.24) is 9.91 Å². The van der Waals surface area contributed by atoms with Crippen molar-refractivity contribution < 1.29 is 19.1 Å². The number of hydrogen-bond acceptors (Lipinski definition) is 5. The molecule has 7 nitrogen and oxygen atoms in total. The third-order valence-electron chi connectivity index (χ3n) is 6.27. The number of para-hydroxylation sites is 1. The van der Waals surface area contributed by atoms with Crippen LogP contribution in [-0.4, -0.2) is 55.2 Å². The van der Waals surface area contributed by atoms with Crippen molar-refractivity contribution in [2.45, 2.75) is 31.7 Å². The number of rotatable bonds is 7. The normalized spacial score (nSPS) is 18.0. The van der Waals surface area contributed by atoms with E-state index in [1.165, 1.54) is 9.91 Å². The number of nitrogens with zero attached hydrogens (tertiary/aromatic N) is 3. The number of hydrazone groups is 1. The van der Waals surface area contributed by atoms with E-state index in [-0.39, 0.29) is 30.3 Å². The van der Waals surface area contributed by atoms with Gasteiger partial charge in [-0.25, -0.2) is 5.01 Å². The van der Waals surface area contributed by atoms with Gasteiger partial charge in [0.1, 0.15) is 18.0 Å². The van der Waals surface area contributed by atoms with Gasteiger partial charge in [0.25, 0.3) is 5.91 Å². The first-order valence-corrected chi connectivity index (χ1v) is 10.9. The Kier molecular flexibility index (Phi) is 6.44. The van der Waals surface area contributed by atoms with Crippen molar-refractivity contribution >= 4 is 17.5 Å². The summed E-state index contributed by atoms with van der Waals surface area (Å²) in [7, 11) is 4.94. The second-order valence-corrected chi connectivity index (χ2v) is 8.30. The molecule has 7 heteroatoms. The lowest BCUT2D eigenvalue weighted by Gasteiger charge is -2.30. The first kappa shape index (κ1) is 21.9. The Labute approximate surface area is 188 Å². The molecular formula is C25H29N3O4. The van der Waals surface area contributed by atoms with E-state index in [1.54, 1.807) is 21.3 Å². The first-order chi connectivity index (χ1) is 15.5. The van der Waals surface area contributed by atoms with Crippen LogP contribution in [0.3, 0.4) is 0 Å². The average molecular weight is 436 g/mol. The van der Waals surface area contributed by atoms with Crippen molar-refractivity contribution in [3.63, 3.8) is 0 Å². The van der Waals surface area contributed by atoms with Gasteiger partial charge >= 0.3 is 0 Å². The van der Waals surface area contributed by atoms with E-state index in [1.807, 2.05) is 48.5 Å². The molecule has 0 N–H and O–H groups in total. The smallest absolute Gasteiger partial charge is 0.262 e. The Morgan fingerprint density at radius 2 is 1.88 bits per heavy atom. The highest BCUT2D eigenvalue weighted by atomic mass is 16.5. The summed E-state index contributed by atoms with van der Waals surface area (Å²) >= 11 is 0. The Morgan fingerprint density at radius 3 is 2.56 bits per heavy atom. The van der Waals surface area contributed by atoms with Crippen molar-refractivity contribution in [3.8, 4) is 11.5 Å². The highest BCUT2D eigenvalue weighted by Gasteiger charge is 2.36. The molecular weight excluding hydrogens is 406 g/mol. The van der Waals surface area contributed by atoms with Crippen LogP contribution in [0.1, 0.15) is 42.9 Å². The van der Waals surface area contributed by atoms with Crippen molar-refractivity contribution in [3.05, 3.63) is 59.7 Å². The summed E-state index contributed by atoms with van der Waals surface area (Å²) in [6.45, 7) is -0.00409.